The second kappa shape index (κ2) is 10.6. The van der Waals surface area contributed by atoms with Crippen molar-refractivity contribution in [3.05, 3.63) is 170 Å². The van der Waals surface area contributed by atoms with Gasteiger partial charge in [0, 0.05) is 34.1 Å². The topological polar surface area (TPSA) is 25.8 Å². The van der Waals surface area contributed by atoms with Gasteiger partial charge in [-0.05, 0) is 95.7 Å². The number of hydrogen-bond acceptors (Lipinski definition) is 2. The molecule has 10 aromatic rings. The van der Waals surface area contributed by atoms with Gasteiger partial charge in [-0.1, -0.05) is 127 Å². The maximum Gasteiger partial charge on any atom is 0.0788 e. The first-order valence-electron chi connectivity index (χ1n) is 16.4. The highest BCUT2D eigenvalue weighted by molar-refractivity contribution is 6.30. The Morgan fingerprint density at radius 2 is 0.896 bits per heavy atom. The molecule has 10 rings (SSSR count). The summed E-state index contributed by atoms with van der Waals surface area (Å²) in [5.41, 5.74) is 7.99. The van der Waals surface area contributed by atoms with E-state index in [2.05, 4.69) is 163 Å². The fraction of sp³-hybridized carbons (Fsp3) is 0. The lowest BCUT2D eigenvalue weighted by Crippen LogP contribution is -1.95. The molecule has 0 unspecified atom stereocenters. The van der Waals surface area contributed by atoms with Gasteiger partial charge in [-0.3, -0.25) is 4.98 Å². The van der Waals surface area contributed by atoms with E-state index in [0.717, 1.165) is 22.2 Å². The zero-order valence-corrected chi connectivity index (χ0v) is 26.1. The molecule has 48 heavy (non-hydrogen) atoms. The molecule has 0 aliphatic carbocycles. The summed E-state index contributed by atoms with van der Waals surface area (Å²) in [6.07, 6.45) is 3.77. The Kier molecular flexibility index (Phi) is 5.91. The molecule has 0 saturated carbocycles. The molecule has 0 bridgehead atoms. The van der Waals surface area contributed by atoms with Gasteiger partial charge in [-0.2, -0.15) is 0 Å². The van der Waals surface area contributed by atoms with Crippen LogP contribution in [0.5, 0.6) is 0 Å². The lowest BCUT2D eigenvalue weighted by atomic mass is 9.83. The Bertz CT molecular complexity index is 2820. The van der Waals surface area contributed by atoms with E-state index in [1.165, 1.54) is 76.1 Å². The third-order valence-corrected chi connectivity index (χ3v) is 9.88. The van der Waals surface area contributed by atoms with Gasteiger partial charge in [-0.15, -0.1) is 0 Å². The number of rotatable bonds is 3. The molecule has 0 saturated heterocycles. The van der Waals surface area contributed by atoms with Crippen LogP contribution < -0.4 is 0 Å². The molecule has 2 aromatic heterocycles. The van der Waals surface area contributed by atoms with Crippen LogP contribution in [-0.2, 0) is 0 Å². The van der Waals surface area contributed by atoms with Crippen molar-refractivity contribution in [2.75, 3.05) is 0 Å². The molecule has 0 aliphatic heterocycles. The van der Waals surface area contributed by atoms with Crippen LogP contribution in [0.3, 0.4) is 0 Å². The summed E-state index contributed by atoms with van der Waals surface area (Å²) in [5.74, 6) is 0. The van der Waals surface area contributed by atoms with Crippen molar-refractivity contribution in [2.24, 2.45) is 0 Å². The van der Waals surface area contributed by atoms with E-state index in [0.29, 0.717) is 0 Å². The number of benzene rings is 8. The molecular formula is C46H28N2. The first-order chi connectivity index (χ1) is 23.8. The predicted octanol–water partition coefficient (Wildman–Crippen LogP) is 12.4. The van der Waals surface area contributed by atoms with E-state index in [-0.39, 0.29) is 0 Å². The van der Waals surface area contributed by atoms with Crippen molar-refractivity contribution < 1.29 is 0 Å². The molecule has 0 spiro atoms. The van der Waals surface area contributed by atoms with Crippen LogP contribution in [0.1, 0.15) is 0 Å². The van der Waals surface area contributed by atoms with Crippen LogP contribution in [0.15, 0.2) is 170 Å². The third kappa shape index (κ3) is 4.00. The minimum Gasteiger partial charge on any atom is -0.265 e. The van der Waals surface area contributed by atoms with E-state index in [1.54, 1.807) is 0 Å². The van der Waals surface area contributed by atoms with Gasteiger partial charge >= 0.3 is 0 Å². The number of hydrogen-bond donors (Lipinski definition) is 0. The van der Waals surface area contributed by atoms with Crippen molar-refractivity contribution >= 4 is 64.8 Å². The molecule has 8 aromatic carbocycles. The van der Waals surface area contributed by atoms with Gasteiger partial charge in [0.05, 0.1) is 11.2 Å². The molecule has 0 aliphatic rings. The summed E-state index contributed by atoms with van der Waals surface area (Å²) in [6, 6.07) is 57.1. The van der Waals surface area contributed by atoms with Crippen LogP contribution in [-0.4, -0.2) is 9.97 Å². The highest BCUT2D eigenvalue weighted by Gasteiger charge is 2.21. The van der Waals surface area contributed by atoms with E-state index in [1.807, 2.05) is 12.4 Å². The summed E-state index contributed by atoms with van der Waals surface area (Å²) in [4.78, 5) is 9.76. The molecule has 2 heteroatoms. The van der Waals surface area contributed by atoms with Crippen molar-refractivity contribution in [3.63, 3.8) is 0 Å². The Morgan fingerprint density at radius 1 is 0.354 bits per heavy atom. The second-order valence-corrected chi connectivity index (χ2v) is 12.5. The van der Waals surface area contributed by atoms with Crippen LogP contribution in [0, 0.1) is 0 Å². The average Bonchev–Trinajstić information content (AvgIpc) is 3.16. The fourth-order valence-electron chi connectivity index (χ4n) is 7.83. The number of aromatic nitrogens is 2. The minimum atomic E-state index is 1.00. The van der Waals surface area contributed by atoms with E-state index in [4.69, 9.17) is 4.98 Å². The number of fused-ring (bicyclic) bond motifs is 8. The van der Waals surface area contributed by atoms with E-state index >= 15 is 0 Å². The summed E-state index contributed by atoms with van der Waals surface area (Å²) in [6.45, 7) is 0. The molecule has 0 N–H and O–H groups in total. The molecule has 0 radical (unpaired) electrons. The van der Waals surface area contributed by atoms with Crippen molar-refractivity contribution in [2.45, 2.75) is 0 Å². The van der Waals surface area contributed by atoms with Gasteiger partial charge in [0.15, 0.2) is 0 Å². The lowest BCUT2D eigenvalue weighted by molar-refractivity contribution is 1.33. The Labute approximate surface area is 277 Å². The van der Waals surface area contributed by atoms with Crippen LogP contribution in [0.2, 0.25) is 0 Å². The van der Waals surface area contributed by atoms with Gasteiger partial charge in [0.1, 0.15) is 0 Å². The van der Waals surface area contributed by atoms with Gasteiger partial charge < -0.3 is 0 Å². The summed E-state index contributed by atoms with van der Waals surface area (Å²) in [5, 5.41) is 13.4. The Balaban J connectivity index is 1.42. The standard InChI is InChI=1S/C46H28N2/c1-2-12-30(13-3-1)46-41-28-39(33-16-6-7-17-34(33)45(41)40-26-31-14-4-5-15-32(31)27-42(40)48-46)44-37-20-10-8-18-35(37)43(29-22-24-47-25-23-29)36-19-9-11-21-38(36)44/h1-28H. The molecule has 0 fully saturated rings. The largest absolute Gasteiger partial charge is 0.265 e. The Morgan fingerprint density at radius 3 is 1.56 bits per heavy atom. The quantitative estimate of drug-likeness (QED) is 0.147. The third-order valence-electron chi connectivity index (χ3n) is 9.88. The molecule has 0 atom stereocenters. The first-order valence-corrected chi connectivity index (χ1v) is 16.4. The van der Waals surface area contributed by atoms with Crippen LogP contribution in [0.25, 0.3) is 98.3 Å². The fourth-order valence-corrected chi connectivity index (χ4v) is 7.83. The normalized spacial score (nSPS) is 11.8. The highest BCUT2D eigenvalue weighted by Crippen LogP contribution is 2.48. The lowest BCUT2D eigenvalue weighted by Gasteiger charge is -2.21. The molecule has 0 amide bonds. The maximum atomic E-state index is 5.44. The van der Waals surface area contributed by atoms with Gasteiger partial charge in [0.25, 0.3) is 0 Å². The van der Waals surface area contributed by atoms with Crippen LogP contribution in [0.4, 0.5) is 0 Å². The minimum absolute atomic E-state index is 1.00. The smallest absolute Gasteiger partial charge is 0.0788 e. The van der Waals surface area contributed by atoms with Crippen molar-refractivity contribution in [3.8, 4) is 33.5 Å². The van der Waals surface area contributed by atoms with Crippen LogP contribution >= 0.6 is 0 Å². The van der Waals surface area contributed by atoms with E-state index in [9.17, 15) is 0 Å². The summed E-state index contributed by atoms with van der Waals surface area (Å²) >= 11 is 0. The van der Waals surface area contributed by atoms with E-state index < -0.39 is 0 Å². The maximum absolute atomic E-state index is 5.44. The first kappa shape index (κ1) is 26.8. The Hall–Kier alpha value is -6.38. The van der Waals surface area contributed by atoms with Gasteiger partial charge in [-0.25, -0.2) is 4.98 Å². The summed E-state index contributed by atoms with van der Waals surface area (Å²) < 4.78 is 0. The molecular weight excluding hydrogens is 581 g/mol. The summed E-state index contributed by atoms with van der Waals surface area (Å²) in [7, 11) is 0. The second-order valence-electron chi connectivity index (χ2n) is 12.5. The zero-order chi connectivity index (χ0) is 31.6. The number of nitrogens with zero attached hydrogens (tertiary/aromatic N) is 2. The highest BCUT2D eigenvalue weighted by atomic mass is 14.7. The molecule has 222 valence electrons. The molecule has 2 heterocycles. The van der Waals surface area contributed by atoms with Crippen molar-refractivity contribution in [1.82, 2.24) is 9.97 Å². The average molecular weight is 609 g/mol. The SMILES string of the molecule is c1ccc(-c2nc3cc4ccccc4cc3c3c2cc(-c2c4ccccc4c(-c4ccncc4)c4ccccc24)c2ccccc23)cc1. The van der Waals surface area contributed by atoms with Gasteiger partial charge in [0.2, 0.25) is 0 Å². The number of pyridine rings is 2. The predicted molar refractivity (Wildman–Crippen MR) is 203 cm³/mol. The molecule has 2 nitrogen and oxygen atoms in total. The zero-order valence-electron chi connectivity index (χ0n) is 26.1. The monoisotopic (exact) mass is 608 g/mol. The van der Waals surface area contributed by atoms with Crippen molar-refractivity contribution in [1.29, 1.82) is 0 Å².